The van der Waals surface area contributed by atoms with Crippen molar-refractivity contribution in [2.45, 2.75) is 6.92 Å². The average Bonchev–Trinajstić information content (AvgIpc) is 2.60. The van der Waals surface area contributed by atoms with Crippen LogP contribution in [0.5, 0.6) is 0 Å². The van der Waals surface area contributed by atoms with Crippen molar-refractivity contribution in [3.8, 4) is 11.3 Å². The maximum Gasteiger partial charge on any atom is 0.341 e. The summed E-state index contributed by atoms with van der Waals surface area (Å²) < 4.78 is 4.98. The number of carboxylic acids is 1. The molecule has 0 atom stereocenters. The van der Waals surface area contributed by atoms with Gasteiger partial charge < -0.3 is 9.63 Å². The molecule has 0 bridgehead atoms. The number of rotatable bonds is 2. The van der Waals surface area contributed by atoms with Crippen LogP contribution < -0.4 is 0 Å². The molecule has 2 aromatic rings. The second-order valence-electron chi connectivity index (χ2n) is 3.14. The molecule has 0 aliphatic carbocycles. The lowest BCUT2D eigenvalue weighted by Gasteiger charge is -1.97. The van der Waals surface area contributed by atoms with Crippen LogP contribution in [-0.4, -0.2) is 21.2 Å². The third-order valence-corrected chi connectivity index (χ3v) is 2.27. The van der Waals surface area contributed by atoms with E-state index in [2.05, 4.69) is 10.1 Å². The fourth-order valence-electron chi connectivity index (χ4n) is 1.36. The molecule has 0 aliphatic heterocycles. The van der Waals surface area contributed by atoms with Gasteiger partial charge in [0, 0.05) is 11.8 Å². The number of aryl methyl sites for hydroxylation is 1. The first-order chi connectivity index (χ1) is 7.59. The minimum atomic E-state index is -1.08. The lowest BCUT2D eigenvalue weighted by atomic mass is 10.1. The number of halogens is 1. The molecular weight excluding hydrogens is 232 g/mol. The van der Waals surface area contributed by atoms with Crippen LogP contribution in [0.15, 0.2) is 22.9 Å². The van der Waals surface area contributed by atoms with Crippen LogP contribution in [0.25, 0.3) is 11.3 Å². The van der Waals surface area contributed by atoms with E-state index in [9.17, 15) is 4.79 Å². The predicted octanol–water partition coefficient (Wildman–Crippen LogP) is 2.40. The summed E-state index contributed by atoms with van der Waals surface area (Å²) in [6.45, 7) is 1.57. The molecule has 0 fully saturated rings. The van der Waals surface area contributed by atoms with E-state index in [0.29, 0.717) is 11.3 Å². The van der Waals surface area contributed by atoms with E-state index in [1.165, 1.54) is 12.3 Å². The lowest BCUT2D eigenvalue weighted by molar-refractivity contribution is 0.0696. The Hall–Kier alpha value is -1.88. The molecule has 1 N–H and O–H groups in total. The van der Waals surface area contributed by atoms with Gasteiger partial charge in [-0.1, -0.05) is 16.8 Å². The van der Waals surface area contributed by atoms with Crippen molar-refractivity contribution in [2.24, 2.45) is 0 Å². The Labute approximate surface area is 95.7 Å². The Morgan fingerprint density at radius 2 is 2.31 bits per heavy atom. The van der Waals surface area contributed by atoms with Crippen LogP contribution in [0.2, 0.25) is 5.15 Å². The molecule has 2 heterocycles. The van der Waals surface area contributed by atoms with Gasteiger partial charge in [-0.2, -0.15) is 0 Å². The van der Waals surface area contributed by atoms with Crippen molar-refractivity contribution < 1.29 is 14.4 Å². The number of pyridine rings is 1. The molecular formula is C10H7ClN2O3. The van der Waals surface area contributed by atoms with Crippen LogP contribution >= 0.6 is 11.6 Å². The molecule has 5 nitrogen and oxygen atoms in total. The third-order valence-electron chi connectivity index (χ3n) is 2.07. The van der Waals surface area contributed by atoms with Gasteiger partial charge in [0.1, 0.15) is 10.7 Å². The lowest BCUT2D eigenvalue weighted by Crippen LogP contribution is -1.99. The van der Waals surface area contributed by atoms with Gasteiger partial charge in [-0.3, -0.25) is 0 Å². The summed E-state index contributed by atoms with van der Waals surface area (Å²) in [5.74, 6) is -0.893. The molecule has 0 radical (unpaired) electrons. The van der Waals surface area contributed by atoms with Gasteiger partial charge in [0.2, 0.25) is 0 Å². The SMILES string of the molecule is Cc1noc(-c2ccnc(Cl)c2)c1C(=O)O. The van der Waals surface area contributed by atoms with E-state index in [1.807, 2.05) is 0 Å². The number of carboxylic acid groups (broad SMARTS) is 1. The highest BCUT2D eigenvalue weighted by atomic mass is 35.5. The molecule has 82 valence electrons. The van der Waals surface area contributed by atoms with E-state index in [-0.39, 0.29) is 16.5 Å². The summed E-state index contributed by atoms with van der Waals surface area (Å²) >= 11 is 5.71. The molecule has 16 heavy (non-hydrogen) atoms. The van der Waals surface area contributed by atoms with E-state index in [1.54, 1.807) is 13.0 Å². The zero-order valence-electron chi connectivity index (χ0n) is 8.27. The zero-order chi connectivity index (χ0) is 11.7. The summed E-state index contributed by atoms with van der Waals surface area (Å²) in [6, 6.07) is 3.13. The first-order valence-corrected chi connectivity index (χ1v) is 4.79. The molecule has 6 heteroatoms. The fraction of sp³-hybridized carbons (Fsp3) is 0.100. The molecule has 0 aliphatic rings. The second-order valence-corrected chi connectivity index (χ2v) is 3.53. The predicted molar refractivity (Wildman–Crippen MR) is 56.4 cm³/mol. The summed E-state index contributed by atoms with van der Waals surface area (Å²) in [6.07, 6.45) is 1.47. The van der Waals surface area contributed by atoms with Gasteiger partial charge in [-0.05, 0) is 19.1 Å². The maximum absolute atomic E-state index is 11.0. The standard InChI is InChI=1S/C10H7ClN2O3/c1-5-8(10(14)15)9(16-13-5)6-2-3-12-7(11)4-6/h2-4H,1H3,(H,14,15). The van der Waals surface area contributed by atoms with Crippen LogP contribution in [0.3, 0.4) is 0 Å². The normalized spacial score (nSPS) is 10.4. The van der Waals surface area contributed by atoms with E-state index in [0.717, 1.165) is 0 Å². The Morgan fingerprint density at radius 3 is 2.94 bits per heavy atom. The highest BCUT2D eigenvalue weighted by Gasteiger charge is 2.21. The number of carbonyl (C=O) groups is 1. The molecule has 0 saturated heterocycles. The smallest absolute Gasteiger partial charge is 0.341 e. The van der Waals surface area contributed by atoms with Gasteiger partial charge >= 0.3 is 5.97 Å². The molecule has 2 aromatic heterocycles. The van der Waals surface area contributed by atoms with Crippen LogP contribution in [-0.2, 0) is 0 Å². The number of aromatic carboxylic acids is 1. The summed E-state index contributed by atoms with van der Waals surface area (Å²) in [5, 5.41) is 12.9. The fourth-order valence-corrected chi connectivity index (χ4v) is 1.54. The van der Waals surface area contributed by atoms with E-state index >= 15 is 0 Å². The van der Waals surface area contributed by atoms with Crippen molar-refractivity contribution in [3.63, 3.8) is 0 Å². The van der Waals surface area contributed by atoms with Crippen molar-refractivity contribution in [3.05, 3.63) is 34.7 Å². The molecule has 2 rings (SSSR count). The molecule has 0 saturated carbocycles. The van der Waals surface area contributed by atoms with E-state index < -0.39 is 5.97 Å². The van der Waals surface area contributed by atoms with E-state index in [4.69, 9.17) is 21.2 Å². The molecule has 0 spiro atoms. The molecule has 0 unspecified atom stereocenters. The van der Waals surface area contributed by atoms with Gasteiger partial charge in [-0.25, -0.2) is 9.78 Å². The highest BCUT2D eigenvalue weighted by Crippen LogP contribution is 2.27. The first kappa shape index (κ1) is 10.6. The number of hydrogen-bond donors (Lipinski definition) is 1. The van der Waals surface area contributed by atoms with Crippen molar-refractivity contribution >= 4 is 17.6 Å². The molecule has 0 amide bonds. The minimum Gasteiger partial charge on any atom is -0.477 e. The Kier molecular flexibility index (Phi) is 2.62. The van der Waals surface area contributed by atoms with Crippen LogP contribution in [0, 0.1) is 6.92 Å². The quantitative estimate of drug-likeness (QED) is 0.813. The van der Waals surface area contributed by atoms with Crippen LogP contribution in [0.4, 0.5) is 0 Å². The maximum atomic E-state index is 11.0. The van der Waals surface area contributed by atoms with Gasteiger partial charge in [0.15, 0.2) is 5.76 Å². The highest BCUT2D eigenvalue weighted by molar-refractivity contribution is 6.29. The van der Waals surface area contributed by atoms with Crippen molar-refractivity contribution in [2.75, 3.05) is 0 Å². The summed E-state index contributed by atoms with van der Waals surface area (Å²) in [4.78, 5) is 14.8. The molecule has 0 aromatic carbocycles. The van der Waals surface area contributed by atoms with Crippen molar-refractivity contribution in [1.82, 2.24) is 10.1 Å². The summed E-state index contributed by atoms with van der Waals surface area (Å²) in [5.41, 5.74) is 0.913. The van der Waals surface area contributed by atoms with Gasteiger partial charge in [0.05, 0.1) is 5.69 Å². The number of nitrogens with zero attached hydrogens (tertiary/aromatic N) is 2. The number of hydrogen-bond acceptors (Lipinski definition) is 4. The minimum absolute atomic E-state index is 0.0438. The van der Waals surface area contributed by atoms with Crippen LogP contribution in [0.1, 0.15) is 16.1 Å². The largest absolute Gasteiger partial charge is 0.477 e. The second kappa shape index (κ2) is 3.94. The summed E-state index contributed by atoms with van der Waals surface area (Å²) in [7, 11) is 0. The number of aromatic nitrogens is 2. The van der Waals surface area contributed by atoms with Gasteiger partial charge in [0.25, 0.3) is 0 Å². The van der Waals surface area contributed by atoms with Gasteiger partial charge in [-0.15, -0.1) is 0 Å². The monoisotopic (exact) mass is 238 g/mol. The first-order valence-electron chi connectivity index (χ1n) is 4.41. The Balaban J connectivity index is 2.60. The average molecular weight is 239 g/mol. The zero-order valence-corrected chi connectivity index (χ0v) is 9.02. The Bertz CT molecular complexity index is 551. The topological polar surface area (TPSA) is 76.2 Å². The third kappa shape index (κ3) is 1.77. The van der Waals surface area contributed by atoms with Crippen molar-refractivity contribution in [1.29, 1.82) is 0 Å². The Morgan fingerprint density at radius 1 is 1.56 bits per heavy atom.